The van der Waals surface area contributed by atoms with Gasteiger partial charge < -0.3 is 4.74 Å². The number of aryl methyl sites for hydroxylation is 1. The molecule has 0 aliphatic heterocycles. The minimum Gasteiger partial charge on any atom is -0.380 e. The van der Waals surface area contributed by atoms with E-state index >= 15 is 0 Å². The molecule has 0 atom stereocenters. The second-order valence-electron chi connectivity index (χ2n) is 2.88. The fraction of sp³-hybridized carbons (Fsp3) is 0.300. The first kappa shape index (κ1) is 10.2. The lowest BCUT2D eigenvalue weighted by Gasteiger charge is -2.06. The zero-order chi connectivity index (χ0) is 9.84. The van der Waals surface area contributed by atoms with Crippen LogP contribution in [0.15, 0.2) is 12.1 Å². The van der Waals surface area contributed by atoms with Crippen LogP contribution in [0.1, 0.15) is 21.5 Å². The highest BCUT2D eigenvalue weighted by Gasteiger charge is 2.06. The molecule has 1 aromatic carbocycles. The standard InChI is InChI=1S/C10H11ClO2/c1-7-3-8(5-12)10(11)9(4-7)6-13-2/h3-5H,6H2,1-2H3. The molecule has 0 aromatic heterocycles. The summed E-state index contributed by atoms with van der Waals surface area (Å²) in [5, 5.41) is 0.488. The zero-order valence-corrected chi connectivity index (χ0v) is 8.39. The normalized spacial score (nSPS) is 10.1. The fourth-order valence-electron chi connectivity index (χ4n) is 1.22. The third-order valence-corrected chi connectivity index (χ3v) is 2.21. The average molecular weight is 199 g/mol. The maximum Gasteiger partial charge on any atom is 0.151 e. The summed E-state index contributed by atoms with van der Waals surface area (Å²) in [6.07, 6.45) is 0.758. The molecule has 0 amide bonds. The van der Waals surface area contributed by atoms with E-state index in [2.05, 4.69) is 0 Å². The number of rotatable bonds is 3. The minimum atomic E-state index is 0.432. The Morgan fingerprint density at radius 3 is 2.77 bits per heavy atom. The quantitative estimate of drug-likeness (QED) is 0.698. The van der Waals surface area contributed by atoms with Crippen molar-refractivity contribution in [2.24, 2.45) is 0 Å². The maximum absolute atomic E-state index is 10.6. The molecule has 0 heterocycles. The molecule has 70 valence electrons. The molecular weight excluding hydrogens is 188 g/mol. The van der Waals surface area contributed by atoms with Crippen molar-refractivity contribution in [1.82, 2.24) is 0 Å². The highest BCUT2D eigenvalue weighted by atomic mass is 35.5. The summed E-state index contributed by atoms with van der Waals surface area (Å²) in [4.78, 5) is 10.6. The van der Waals surface area contributed by atoms with Crippen molar-refractivity contribution >= 4 is 17.9 Å². The van der Waals surface area contributed by atoms with Crippen molar-refractivity contribution in [2.75, 3.05) is 7.11 Å². The summed E-state index contributed by atoms with van der Waals surface area (Å²) in [5.41, 5.74) is 2.39. The van der Waals surface area contributed by atoms with Gasteiger partial charge in [0.05, 0.1) is 11.6 Å². The van der Waals surface area contributed by atoms with Crippen molar-refractivity contribution in [3.05, 3.63) is 33.8 Å². The monoisotopic (exact) mass is 198 g/mol. The molecule has 0 fully saturated rings. The van der Waals surface area contributed by atoms with Crippen LogP contribution < -0.4 is 0 Å². The van der Waals surface area contributed by atoms with Gasteiger partial charge in [0, 0.05) is 12.7 Å². The Balaban J connectivity index is 3.18. The second-order valence-corrected chi connectivity index (χ2v) is 3.26. The Morgan fingerprint density at radius 1 is 1.54 bits per heavy atom. The van der Waals surface area contributed by atoms with Crippen LogP contribution in [0.25, 0.3) is 0 Å². The second kappa shape index (κ2) is 4.40. The first-order chi connectivity index (χ1) is 6.19. The smallest absolute Gasteiger partial charge is 0.151 e. The summed E-state index contributed by atoms with van der Waals surface area (Å²) in [7, 11) is 1.60. The number of hydrogen-bond donors (Lipinski definition) is 0. The van der Waals surface area contributed by atoms with Crippen LogP contribution in [0.2, 0.25) is 5.02 Å². The third-order valence-electron chi connectivity index (χ3n) is 1.75. The molecule has 0 radical (unpaired) electrons. The first-order valence-electron chi connectivity index (χ1n) is 3.92. The lowest BCUT2D eigenvalue weighted by Crippen LogP contribution is -1.94. The molecule has 0 saturated heterocycles. The first-order valence-corrected chi connectivity index (χ1v) is 4.30. The number of aldehydes is 1. The van der Waals surface area contributed by atoms with E-state index in [0.717, 1.165) is 17.4 Å². The van der Waals surface area contributed by atoms with E-state index < -0.39 is 0 Å². The number of methoxy groups -OCH3 is 1. The predicted octanol–water partition coefficient (Wildman–Crippen LogP) is 2.61. The predicted molar refractivity (Wildman–Crippen MR) is 52.3 cm³/mol. The molecule has 2 nitrogen and oxygen atoms in total. The van der Waals surface area contributed by atoms with Crippen LogP contribution in [0.5, 0.6) is 0 Å². The van der Waals surface area contributed by atoms with Crippen molar-refractivity contribution in [1.29, 1.82) is 0 Å². The Kier molecular flexibility index (Phi) is 3.46. The molecular formula is C10H11ClO2. The average Bonchev–Trinajstić information content (AvgIpc) is 2.11. The van der Waals surface area contributed by atoms with E-state index in [4.69, 9.17) is 16.3 Å². The summed E-state index contributed by atoms with van der Waals surface area (Å²) >= 11 is 5.95. The highest BCUT2D eigenvalue weighted by molar-refractivity contribution is 6.33. The van der Waals surface area contributed by atoms with Crippen LogP contribution in [-0.4, -0.2) is 13.4 Å². The van der Waals surface area contributed by atoms with Crippen LogP contribution >= 0.6 is 11.6 Å². The van der Waals surface area contributed by atoms with Gasteiger partial charge in [-0.15, -0.1) is 0 Å². The molecule has 0 N–H and O–H groups in total. The molecule has 1 rings (SSSR count). The minimum absolute atomic E-state index is 0.432. The summed E-state index contributed by atoms with van der Waals surface area (Å²) in [6, 6.07) is 3.67. The van der Waals surface area contributed by atoms with Crippen molar-refractivity contribution in [3.63, 3.8) is 0 Å². The van der Waals surface area contributed by atoms with Crippen molar-refractivity contribution in [3.8, 4) is 0 Å². The third kappa shape index (κ3) is 2.29. The molecule has 3 heteroatoms. The van der Waals surface area contributed by atoms with Crippen LogP contribution in [0.3, 0.4) is 0 Å². The topological polar surface area (TPSA) is 26.3 Å². The SMILES string of the molecule is COCc1cc(C)cc(C=O)c1Cl. The van der Waals surface area contributed by atoms with Crippen molar-refractivity contribution in [2.45, 2.75) is 13.5 Å². The van der Waals surface area contributed by atoms with E-state index in [9.17, 15) is 4.79 Å². The summed E-state index contributed by atoms with van der Waals surface area (Å²) in [6.45, 7) is 2.35. The van der Waals surface area contributed by atoms with Gasteiger partial charge in [0.25, 0.3) is 0 Å². The van der Waals surface area contributed by atoms with Gasteiger partial charge in [-0.1, -0.05) is 17.7 Å². The summed E-state index contributed by atoms with van der Waals surface area (Å²) in [5.74, 6) is 0. The number of benzene rings is 1. The molecule has 13 heavy (non-hydrogen) atoms. The van der Waals surface area contributed by atoms with E-state index in [1.54, 1.807) is 13.2 Å². The largest absolute Gasteiger partial charge is 0.380 e. The molecule has 0 unspecified atom stereocenters. The Labute approximate surface area is 82.5 Å². The molecule has 0 aliphatic carbocycles. The zero-order valence-electron chi connectivity index (χ0n) is 7.63. The van der Waals surface area contributed by atoms with Gasteiger partial charge in [-0.25, -0.2) is 0 Å². The van der Waals surface area contributed by atoms with Gasteiger partial charge in [0.2, 0.25) is 0 Å². The van der Waals surface area contributed by atoms with Crippen molar-refractivity contribution < 1.29 is 9.53 Å². The summed E-state index contributed by atoms with van der Waals surface area (Å²) < 4.78 is 4.96. The van der Waals surface area contributed by atoms with E-state index in [-0.39, 0.29) is 0 Å². The number of hydrogen-bond acceptors (Lipinski definition) is 2. The van der Waals surface area contributed by atoms with Crippen LogP contribution in [0.4, 0.5) is 0 Å². The molecule has 0 aliphatic rings. The van der Waals surface area contributed by atoms with Gasteiger partial charge >= 0.3 is 0 Å². The van der Waals surface area contributed by atoms with Gasteiger partial charge in [-0.3, -0.25) is 4.79 Å². The van der Waals surface area contributed by atoms with Gasteiger partial charge in [-0.2, -0.15) is 0 Å². The van der Waals surface area contributed by atoms with Gasteiger partial charge in [-0.05, 0) is 24.1 Å². The Hall–Kier alpha value is -0.860. The van der Waals surface area contributed by atoms with E-state index in [1.165, 1.54) is 0 Å². The number of carbonyl (C=O) groups excluding carboxylic acids is 1. The molecule has 0 spiro atoms. The van der Waals surface area contributed by atoms with Crippen LogP contribution in [-0.2, 0) is 11.3 Å². The van der Waals surface area contributed by atoms with Crippen LogP contribution in [0, 0.1) is 6.92 Å². The fourth-order valence-corrected chi connectivity index (χ4v) is 1.43. The maximum atomic E-state index is 10.6. The van der Waals surface area contributed by atoms with E-state index in [0.29, 0.717) is 17.2 Å². The van der Waals surface area contributed by atoms with Gasteiger partial charge in [0.15, 0.2) is 6.29 Å². The number of carbonyl (C=O) groups is 1. The Morgan fingerprint density at radius 2 is 2.23 bits per heavy atom. The lowest BCUT2D eigenvalue weighted by molar-refractivity contribution is 0.112. The Bertz CT molecular complexity index is 321. The van der Waals surface area contributed by atoms with Gasteiger partial charge in [0.1, 0.15) is 0 Å². The van der Waals surface area contributed by atoms with E-state index in [1.807, 2.05) is 13.0 Å². The number of ether oxygens (including phenoxy) is 1. The lowest BCUT2D eigenvalue weighted by atomic mass is 10.1. The highest BCUT2D eigenvalue weighted by Crippen LogP contribution is 2.22. The molecule has 0 bridgehead atoms. The molecule has 0 saturated carbocycles. The number of halogens is 1. The molecule has 1 aromatic rings.